The number of hydrogen-bond acceptors (Lipinski definition) is 2. The van der Waals surface area contributed by atoms with E-state index in [0.29, 0.717) is 19.4 Å². The van der Waals surface area contributed by atoms with Gasteiger partial charge >= 0.3 is 6.09 Å². The Kier molecular flexibility index (Phi) is 3.55. The van der Waals surface area contributed by atoms with Gasteiger partial charge in [0.25, 0.3) is 0 Å². The van der Waals surface area contributed by atoms with E-state index in [1.807, 2.05) is 20.8 Å². The second kappa shape index (κ2) is 4.08. The van der Waals surface area contributed by atoms with Crippen LogP contribution in [0, 0.1) is 5.41 Å². The highest BCUT2D eigenvalue weighted by Crippen LogP contribution is 2.47. The van der Waals surface area contributed by atoms with Crippen LogP contribution in [0.4, 0.5) is 4.79 Å². The summed E-state index contributed by atoms with van der Waals surface area (Å²) in [4.78, 5) is 12.6. The minimum atomic E-state index is -0.897. The third kappa shape index (κ3) is 2.38. The number of nitrogens with zero attached hydrogens (tertiary/aromatic N) is 1. The lowest BCUT2D eigenvalue weighted by Crippen LogP contribution is -2.59. The van der Waals surface area contributed by atoms with Gasteiger partial charge in [-0.25, -0.2) is 4.79 Å². The lowest BCUT2D eigenvalue weighted by atomic mass is 9.80. The zero-order valence-electron chi connectivity index (χ0n) is 9.33. The van der Waals surface area contributed by atoms with Gasteiger partial charge in [-0.1, -0.05) is 43.4 Å². The summed E-state index contributed by atoms with van der Waals surface area (Å²) in [5.41, 5.74) is -0.187. The molecule has 1 amide bonds. The first kappa shape index (κ1) is 13.0. The Balaban J connectivity index is 3.02. The Morgan fingerprint density at radius 2 is 2.07 bits per heavy atom. The van der Waals surface area contributed by atoms with Crippen LogP contribution >= 0.6 is 22.6 Å². The van der Waals surface area contributed by atoms with Crippen molar-refractivity contribution in [2.75, 3.05) is 6.54 Å². The van der Waals surface area contributed by atoms with E-state index in [-0.39, 0.29) is 5.41 Å². The lowest BCUT2D eigenvalue weighted by Gasteiger charge is -2.50. The highest BCUT2D eigenvalue weighted by atomic mass is 127. The van der Waals surface area contributed by atoms with Gasteiger partial charge in [-0.3, -0.25) is 4.90 Å². The number of alkyl halides is 1. The molecule has 2 unspecified atom stereocenters. The summed E-state index contributed by atoms with van der Waals surface area (Å²) in [7, 11) is 0. The standard InChI is InChI=1S/C10H18INO3/c1-9(2,3)10(11)6-7(13)4-5-12(10)8(14)15/h7,13H,4-6H2,1-3H3,(H,14,15). The predicted octanol–water partition coefficient (Wildman–Crippen LogP) is 2.30. The van der Waals surface area contributed by atoms with Crippen molar-refractivity contribution in [2.45, 2.75) is 43.3 Å². The molecular formula is C10H18INO3. The zero-order valence-corrected chi connectivity index (χ0v) is 11.5. The number of halogens is 1. The molecule has 15 heavy (non-hydrogen) atoms. The second-order valence-corrected chi connectivity index (χ2v) is 6.87. The first-order chi connectivity index (χ1) is 6.68. The average Bonchev–Trinajstić information content (AvgIpc) is 2.00. The van der Waals surface area contributed by atoms with Crippen molar-refractivity contribution in [2.24, 2.45) is 5.41 Å². The minimum absolute atomic E-state index is 0.187. The van der Waals surface area contributed by atoms with Gasteiger partial charge in [-0.05, 0) is 11.8 Å². The maximum Gasteiger partial charge on any atom is 0.408 e. The largest absolute Gasteiger partial charge is 0.465 e. The number of carboxylic acid groups (broad SMARTS) is 1. The number of amides is 1. The summed E-state index contributed by atoms with van der Waals surface area (Å²) in [5.74, 6) is 0. The fourth-order valence-electron chi connectivity index (χ4n) is 1.94. The van der Waals surface area contributed by atoms with E-state index < -0.39 is 15.7 Å². The number of likely N-dealkylation sites (tertiary alicyclic amines) is 1. The first-order valence-electron chi connectivity index (χ1n) is 5.06. The molecule has 0 spiro atoms. The van der Waals surface area contributed by atoms with E-state index >= 15 is 0 Å². The van der Waals surface area contributed by atoms with Crippen LogP contribution in [0.2, 0.25) is 0 Å². The Bertz CT molecular complexity index is 264. The summed E-state index contributed by atoms with van der Waals surface area (Å²) in [6.45, 7) is 6.44. The molecule has 1 saturated heterocycles. The van der Waals surface area contributed by atoms with Crippen LogP contribution < -0.4 is 0 Å². The van der Waals surface area contributed by atoms with Crippen LogP contribution in [-0.4, -0.2) is 37.4 Å². The van der Waals surface area contributed by atoms with Crippen LogP contribution in [0.25, 0.3) is 0 Å². The Morgan fingerprint density at radius 3 is 2.47 bits per heavy atom. The summed E-state index contributed by atoms with van der Waals surface area (Å²) in [6.07, 6.45) is -0.251. The lowest BCUT2D eigenvalue weighted by molar-refractivity contribution is -0.00518. The molecule has 2 atom stereocenters. The number of carbonyl (C=O) groups is 1. The van der Waals surface area contributed by atoms with E-state index in [0.717, 1.165) is 0 Å². The number of aliphatic hydroxyl groups is 1. The summed E-state index contributed by atoms with van der Waals surface area (Å²) < 4.78 is -0.520. The van der Waals surface area contributed by atoms with E-state index in [2.05, 4.69) is 22.6 Å². The predicted molar refractivity (Wildman–Crippen MR) is 66.2 cm³/mol. The van der Waals surface area contributed by atoms with E-state index in [1.54, 1.807) is 0 Å². The van der Waals surface area contributed by atoms with Gasteiger partial charge in [0, 0.05) is 13.0 Å². The number of piperidine rings is 1. The van der Waals surface area contributed by atoms with Crippen LogP contribution in [0.5, 0.6) is 0 Å². The average molecular weight is 327 g/mol. The molecule has 1 aliphatic rings. The van der Waals surface area contributed by atoms with Gasteiger partial charge in [-0.2, -0.15) is 0 Å². The van der Waals surface area contributed by atoms with Crippen LogP contribution in [0.15, 0.2) is 0 Å². The van der Waals surface area contributed by atoms with E-state index in [9.17, 15) is 9.90 Å². The van der Waals surface area contributed by atoms with Gasteiger partial charge in [-0.15, -0.1) is 0 Å². The molecule has 1 heterocycles. The molecule has 0 radical (unpaired) electrons. The molecule has 0 aromatic heterocycles. The molecule has 0 bridgehead atoms. The number of rotatable bonds is 0. The fraction of sp³-hybridized carbons (Fsp3) is 0.900. The smallest absolute Gasteiger partial charge is 0.408 e. The van der Waals surface area contributed by atoms with Crippen molar-refractivity contribution in [3.05, 3.63) is 0 Å². The maximum atomic E-state index is 11.2. The molecule has 0 saturated carbocycles. The molecule has 0 aromatic rings. The highest BCUT2D eigenvalue weighted by molar-refractivity contribution is 14.1. The van der Waals surface area contributed by atoms with E-state index in [4.69, 9.17) is 5.11 Å². The third-order valence-corrected chi connectivity index (χ3v) is 5.64. The maximum absolute atomic E-state index is 11.2. The molecule has 1 rings (SSSR count). The normalized spacial score (nSPS) is 32.9. The first-order valence-corrected chi connectivity index (χ1v) is 6.14. The zero-order chi connectivity index (χ0) is 11.9. The summed E-state index contributed by atoms with van der Waals surface area (Å²) in [6, 6.07) is 0. The quantitative estimate of drug-likeness (QED) is 0.408. The Hall–Kier alpha value is -0.0400. The fourth-order valence-corrected chi connectivity index (χ4v) is 2.89. The molecule has 1 fully saturated rings. The van der Waals surface area contributed by atoms with Gasteiger partial charge < -0.3 is 10.2 Å². The Labute approximate surface area is 104 Å². The Morgan fingerprint density at radius 1 is 1.53 bits per heavy atom. The third-order valence-electron chi connectivity index (χ3n) is 3.00. The SMILES string of the molecule is CC(C)(C)C1(I)CC(O)CCN1C(=O)O. The number of aliphatic hydroxyl groups excluding tert-OH is 1. The van der Waals surface area contributed by atoms with E-state index in [1.165, 1.54) is 4.90 Å². The molecule has 4 nitrogen and oxygen atoms in total. The topological polar surface area (TPSA) is 60.8 Å². The summed E-state index contributed by atoms with van der Waals surface area (Å²) in [5, 5.41) is 18.8. The van der Waals surface area contributed by atoms with Crippen molar-refractivity contribution < 1.29 is 15.0 Å². The molecule has 88 valence electrons. The molecule has 1 aliphatic heterocycles. The highest BCUT2D eigenvalue weighted by Gasteiger charge is 2.50. The molecule has 0 aliphatic carbocycles. The van der Waals surface area contributed by atoms with Gasteiger partial charge in [0.15, 0.2) is 0 Å². The van der Waals surface area contributed by atoms with Crippen molar-refractivity contribution in [1.29, 1.82) is 0 Å². The summed E-state index contributed by atoms with van der Waals surface area (Å²) >= 11 is 2.17. The van der Waals surface area contributed by atoms with Crippen molar-refractivity contribution >= 4 is 28.7 Å². The van der Waals surface area contributed by atoms with Crippen molar-refractivity contribution in [3.63, 3.8) is 0 Å². The van der Waals surface area contributed by atoms with Crippen molar-refractivity contribution in [1.82, 2.24) is 4.90 Å². The van der Waals surface area contributed by atoms with Crippen molar-refractivity contribution in [3.8, 4) is 0 Å². The monoisotopic (exact) mass is 327 g/mol. The van der Waals surface area contributed by atoms with Gasteiger partial charge in [0.2, 0.25) is 0 Å². The molecular weight excluding hydrogens is 309 g/mol. The van der Waals surface area contributed by atoms with Crippen LogP contribution in [0.1, 0.15) is 33.6 Å². The minimum Gasteiger partial charge on any atom is -0.465 e. The van der Waals surface area contributed by atoms with Crippen LogP contribution in [0.3, 0.4) is 0 Å². The molecule has 2 N–H and O–H groups in total. The molecule has 0 aromatic carbocycles. The second-order valence-electron chi connectivity index (χ2n) is 5.09. The number of hydrogen-bond donors (Lipinski definition) is 2. The van der Waals surface area contributed by atoms with Gasteiger partial charge in [0.05, 0.1) is 6.10 Å². The van der Waals surface area contributed by atoms with Crippen LogP contribution in [-0.2, 0) is 0 Å². The molecule has 5 heteroatoms. The van der Waals surface area contributed by atoms with Gasteiger partial charge in [0.1, 0.15) is 3.55 Å².